The molecular weight excluding hydrogens is 448 g/mol. The van der Waals surface area contributed by atoms with Gasteiger partial charge in [-0.3, -0.25) is 0 Å². The highest BCUT2D eigenvalue weighted by atomic mass is 16.5. The van der Waals surface area contributed by atoms with Crippen LogP contribution in [-0.2, 0) is 6.61 Å². The molecule has 4 aromatic carbocycles. The van der Waals surface area contributed by atoms with Crippen molar-refractivity contribution in [2.75, 3.05) is 0 Å². The average Bonchev–Trinajstić information content (AvgIpc) is 3.35. The average molecular weight is 471 g/mol. The fourth-order valence-electron chi connectivity index (χ4n) is 4.93. The summed E-state index contributed by atoms with van der Waals surface area (Å²) in [6.07, 6.45) is 1.66. The number of ether oxygens (including phenoxy) is 2. The molecule has 0 aliphatic carbocycles. The Morgan fingerprint density at radius 3 is 2.56 bits per heavy atom. The summed E-state index contributed by atoms with van der Waals surface area (Å²) in [4.78, 5) is 9.54. The molecule has 36 heavy (non-hydrogen) atoms. The molecule has 0 radical (unpaired) electrons. The Morgan fingerprint density at radius 1 is 0.889 bits per heavy atom. The molecule has 1 aliphatic heterocycles. The van der Waals surface area contributed by atoms with E-state index in [0.29, 0.717) is 11.7 Å². The highest BCUT2D eigenvalue weighted by Crippen LogP contribution is 2.50. The van der Waals surface area contributed by atoms with Crippen LogP contribution < -0.4 is 9.47 Å². The Bertz CT molecular complexity index is 1730. The minimum atomic E-state index is -0.0965. The fraction of sp³-hybridized carbons (Fsp3) is 0.100. The molecule has 0 saturated carbocycles. The minimum absolute atomic E-state index is 0.0965. The standard InChI is InChI=1S/C30H22N4O2/c1-19-11-14-22(15-12-19)35-17-25-32-29-27-26(21-8-3-2-4-9-21)24-16-13-20-7-5-6-10-23(20)28(24)36-30(27)31-18-34(29)33-25/h2-16,18,26H,17H2,1H3/t26-/m0/s1. The van der Waals surface area contributed by atoms with E-state index in [-0.39, 0.29) is 12.5 Å². The zero-order valence-corrected chi connectivity index (χ0v) is 19.6. The van der Waals surface area contributed by atoms with Crippen molar-refractivity contribution in [1.29, 1.82) is 0 Å². The van der Waals surface area contributed by atoms with Gasteiger partial charge in [-0.1, -0.05) is 84.4 Å². The SMILES string of the molecule is Cc1ccc(OCc2nc3c4c(ncn3n2)Oc2c(ccc3ccccc23)[C@@H]4c2ccccc2)cc1. The third-order valence-corrected chi connectivity index (χ3v) is 6.66. The molecule has 0 bridgehead atoms. The van der Waals surface area contributed by atoms with Crippen molar-refractivity contribution in [3.05, 3.63) is 125 Å². The summed E-state index contributed by atoms with van der Waals surface area (Å²) >= 11 is 0. The number of nitrogens with zero attached hydrogens (tertiary/aromatic N) is 4. The number of aromatic nitrogens is 4. The van der Waals surface area contributed by atoms with Crippen molar-refractivity contribution >= 4 is 16.4 Å². The molecule has 6 nitrogen and oxygen atoms in total. The highest BCUT2D eigenvalue weighted by Gasteiger charge is 2.34. The Balaban J connectivity index is 1.37. The van der Waals surface area contributed by atoms with E-state index in [0.717, 1.165) is 44.6 Å². The molecule has 1 aliphatic rings. The van der Waals surface area contributed by atoms with Gasteiger partial charge in [-0.05, 0) is 30.0 Å². The Labute approximate surface area is 207 Å². The van der Waals surface area contributed by atoms with Crippen LogP contribution >= 0.6 is 0 Å². The van der Waals surface area contributed by atoms with Gasteiger partial charge in [0.25, 0.3) is 0 Å². The summed E-state index contributed by atoms with van der Waals surface area (Å²) in [5.74, 6) is 2.67. The zero-order chi connectivity index (χ0) is 24.1. The number of rotatable bonds is 4. The van der Waals surface area contributed by atoms with Crippen LogP contribution in [0.2, 0.25) is 0 Å². The first kappa shape index (κ1) is 20.6. The lowest BCUT2D eigenvalue weighted by Gasteiger charge is -2.28. The number of aryl methyl sites for hydroxylation is 1. The van der Waals surface area contributed by atoms with E-state index in [9.17, 15) is 0 Å². The zero-order valence-electron chi connectivity index (χ0n) is 19.6. The second kappa shape index (κ2) is 8.20. The van der Waals surface area contributed by atoms with E-state index in [2.05, 4.69) is 65.5 Å². The molecule has 0 saturated heterocycles. The predicted molar refractivity (Wildman–Crippen MR) is 138 cm³/mol. The van der Waals surface area contributed by atoms with Gasteiger partial charge in [0.15, 0.2) is 11.5 Å². The van der Waals surface area contributed by atoms with Crippen molar-refractivity contribution in [3.8, 4) is 17.4 Å². The van der Waals surface area contributed by atoms with Crippen LogP contribution in [0.3, 0.4) is 0 Å². The Kier molecular flexibility index (Phi) is 4.70. The molecule has 6 aromatic rings. The van der Waals surface area contributed by atoms with Crippen LogP contribution in [0.25, 0.3) is 16.4 Å². The molecule has 1 atom stereocenters. The van der Waals surface area contributed by atoms with Gasteiger partial charge >= 0.3 is 0 Å². The van der Waals surface area contributed by atoms with Crippen LogP contribution in [0.1, 0.15) is 34.0 Å². The van der Waals surface area contributed by atoms with E-state index in [1.807, 2.05) is 42.5 Å². The van der Waals surface area contributed by atoms with E-state index in [1.54, 1.807) is 10.8 Å². The molecule has 7 rings (SSSR count). The maximum atomic E-state index is 6.48. The minimum Gasteiger partial charge on any atom is -0.486 e. The maximum Gasteiger partial charge on any atom is 0.228 e. The summed E-state index contributed by atoms with van der Waals surface area (Å²) < 4.78 is 14.1. The smallest absolute Gasteiger partial charge is 0.228 e. The van der Waals surface area contributed by atoms with Crippen LogP contribution in [0, 0.1) is 6.92 Å². The van der Waals surface area contributed by atoms with Gasteiger partial charge in [0.1, 0.15) is 24.4 Å². The van der Waals surface area contributed by atoms with Crippen molar-refractivity contribution in [1.82, 2.24) is 19.6 Å². The lowest BCUT2D eigenvalue weighted by molar-refractivity contribution is 0.296. The number of hydrogen-bond donors (Lipinski definition) is 0. The third kappa shape index (κ3) is 3.38. The topological polar surface area (TPSA) is 61.5 Å². The fourth-order valence-corrected chi connectivity index (χ4v) is 4.93. The number of fused-ring (bicyclic) bond motifs is 6. The van der Waals surface area contributed by atoms with E-state index >= 15 is 0 Å². The highest BCUT2D eigenvalue weighted by molar-refractivity contribution is 5.91. The van der Waals surface area contributed by atoms with Crippen LogP contribution in [0.5, 0.6) is 17.4 Å². The molecule has 0 amide bonds. The van der Waals surface area contributed by atoms with Crippen molar-refractivity contribution in [2.45, 2.75) is 19.4 Å². The summed E-state index contributed by atoms with van der Waals surface area (Å²) in [5.41, 5.74) is 5.04. The van der Waals surface area contributed by atoms with E-state index < -0.39 is 0 Å². The van der Waals surface area contributed by atoms with Gasteiger partial charge in [0.2, 0.25) is 5.88 Å². The molecular formula is C30H22N4O2. The normalized spacial score (nSPS) is 14.3. The maximum absolute atomic E-state index is 6.48. The number of benzene rings is 4. The monoisotopic (exact) mass is 470 g/mol. The summed E-state index contributed by atoms with van der Waals surface area (Å²) in [5, 5.41) is 6.85. The molecule has 3 heterocycles. The summed E-state index contributed by atoms with van der Waals surface area (Å²) in [6.45, 7) is 2.31. The predicted octanol–water partition coefficient (Wildman–Crippen LogP) is 6.45. The first-order valence-electron chi connectivity index (χ1n) is 11.9. The summed E-state index contributed by atoms with van der Waals surface area (Å²) in [6, 6.07) is 31.0. The van der Waals surface area contributed by atoms with Crippen LogP contribution in [-0.4, -0.2) is 19.6 Å². The van der Waals surface area contributed by atoms with Crippen LogP contribution in [0.4, 0.5) is 0 Å². The second-order valence-electron chi connectivity index (χ2n) is 9.01. The molecule has 6 heteroatoms. The molecule has 174 valence electrons. The van der Waals surface area contributed by atoms with Gasteiger partial charge in [0, 0.05) is 16.9 Å². The number of hydrogen-bond acceptors (Lipinski definition) is 5. The van der Waals surface area contributed by atoms with Gasteiger partial charge in [-0.25, -0.2) is 14.5 Å². The van der Waals surface area contributed by atoms with Crippen molar-refractivity contribution in [2.24, 2.45) is 0 Å². The lowest BCUT2D eigenvalue weighted by atomic mass is 9.83. The Hall–Kier alpha value is -4.71. The molecule has 0 unspecified atom stereocenters. The molecule has 0 N–H and O–H groups in total. The van der Waals surface area contributed by atoms with Gasteiger partial charge in [0.05, 0.1) is 5.56 Å². The Morgan fingerprint density at radius 2 is 1.69 bits per heavy atom. The molecule has 2 aromatic heterocycles. The van der Waals surface area contributed by atoms with Gasteiger partial charge in [-0.15, -0.1) is 5.10 Å². The van der Waals surface area contributed by atoms with Gasteiger partial charge < -0.3 is 9.47 Å². The quantitative estimate of drug-likeness (QED) is 0.296. The van der Waals surface area contributed by atoms with Crippen molar-refractivity contribution < 1.29 is 9.47 Å². The van der Waals surface area contributed by atoms with Crippen LogP contribution in [0.15, 0.2) is 97.3 Å². The van der Waals surface area contributed by atoms with E-state index in [1.165, 1.54) is 5.56 Å². The molecule has 0 spiro atoms. The second-order valence-corrected chi connectivity index (χ2v) is 9.01. The summed E-state index contributed by atoms with van der Waals surface area (Å²) in [7, 11) is 0. The van der Waals surface area contributed by atoms with Crippen molar-refractivity contribution in [3.63, 3.8) is 0 Å². The third-order valence-electron chi connectivity index (χ3n) is 6.66. The van der Waals surface area contributed by atoms with E-state index in [4.69, 9.17) is 14.5 Å². The molecule has 0 fully saturated rings. The van der Waals surface area contributed by atoms with Gasteiger partial charge in [-0.2, -0.15) is 0 Å². The first-order valence-corrected chi connectivity index (χ1v) is 11.9. The first-order chi connectivity index (χ1) is 17.7. The largest absolute Gasteiger partial charge is 0.486 e. The lowest BCUT2D eigenvalue weighted by Crippen LogP contribution is -2.15.